The Balaban J connectivity index is 1.54. The van der Waals surface area contributed by atoms with Gasteiger partial charge in [-0.1, -0.05) is 0 Å². The summed E-state index contributed by atoms with van der Waals surface area (Å²) in [4.78, 5) is 34.2. The molecule has 1 unspecified atom stereocenters. The summed E-state index contributed by atoms with van der Waals surface area (Å²) in [6.45, 7) is 1.77. The second-order valence-corrected chi connectivity index (χ2v) is 5.44. The number of likely N-dealkylation sites (tertiary alicyclic amines) is 1. The van der Waals surface area contributed by atoms with Crippen LogP contribution in [-0.2, 0) is 9.53 Å². The minimum absolute atomic E-state index is 0.0125. The van der Waals surface area contributed by atoms with Crippen molar-refractivity contribution in [2.75, 3.05) is 32.8 Å². The van der Waals surface area contributed by atoms with Gasteiger partial charge in [0.05, 0.1) is 25.5 Å². The number of hydrogen-bond acceptors (Lipinski definition) is 6. The third-order valence-electron chi connectivity index (χ3n) is 3.77. The maximum Gasteiger partial charge on any atom is 0.410 e. The monoisotopic (exact) mass is 324 g/mol. The van der Waals surface area contributed by atoms with E-state index < -0.39 is 11.9 Å². The van der Waals surface area contributed by atoms with Gasteiger partial charge in [0, 0.05) is 6.54 Å². The normalized spacial score (nSPS) is 21.3. The van der Waals surface area contributed by atoms with Crippen molar-refractivity contribution in [1.29, 1.82) is 0 Å². The van der Waals surface area contributed by atoms with Gasteiger partial charge in [0.25, 0.3) is 0 Å². The maximum atomic E-state index is 12.8. The molecule has 23 heavy (non-hydrogen) atoms. The van der Waals surface area contributed by atoms with Crippen molar-refractivity contribution in [2.45, 2.75) is 18.9 Å². The average Bonchev–Trinajstić information content (AvgIpc) is 2.95. The van der Waals surface area contributed by atoms with E-state index in [1.807, 2.05) is 0 Å². The Morgan fingerprint density at radius 1 is 1.39 bits per heavy atom. The van der Waals surface area contributed by atoms with Gasteiger partial charge in [-0.25, -0.2) is 19.2 Å². The molecule has 2 fully saturated rings. The van der Waals surface area contributed by atoms with Crippen molar-refractivity contribution >= 4 is 12.0 Å². The predicted molar refractivity (Wildman–Crippen MR) is 75.1 cm³/mol. The topological polar surface area (TPSA) is 84.9 Å². The lowest BCUT2D eigenvalue weighted by atomic mass is 10.1. The van der Waals surface area contributed by atoms with Crippen LogP contribution in [-0.4, -0.2) is 70.7 Å². The van der Waals surface area contributed by atoms with Crippen LogP contribution >= 0.6 is 0 Å². The fraction of sp³-hybridized carbons (Fsp3) is 0.571. The van der Waals surface area contributed by atoms with Crippen LogP contribution in [0.3, 0.4) is 0 Å². The summed E-state index contributed by atoms with van der Waals surface area (Å²) in [5.74, 6) is -0.674. The molecule has 0 N–H and O–H groups in total. The second kappa shape index (κ2) is 6.76. The van der Waals surface area contributed by atoms with E-state index in [1.54, 1.807) is 4.90 Å². The largest absolute Gasteiger partial charge is 0.458 e. The summed E-state index contributed by atoms with van der Waals surface area (Å²) >= 11 is 0. The number of ether oxygens (including phenoxy) is 2. The number of rotatable bonds is 4. The summed E-state index contributed by atoms with van der Waals surface area (Å²) < 4.78 is 23.2. The SMILES string of the molecule is O=C(CN1CCOC1=O)N1CCCC(Oc2ncc(F)cn2)C1. The molecule has 0 radical (unpaired) electrons. The van der Waals surface area contributed by atoms with Gasteiger partial charge >= 0.3 is 12.1 Å². The van der Waals surface area contributed by atoms with Crippen LogP contribution in [0.2, 0.25) is 0 Å². The molecule has 124 valence electrons. The number of carbonyl (C=O) groups excluding carboxylic acids is 2. The molecular formula is C14H17FN4O4. The molecule has 1 aromatic rings. The lowest BCUT2D eigenvalue weighted by Crippen LogP contribution is -2.48. The first kappa shape index (κ1) is 15.4. The van der Waals surface area contributed by atoms with E-state index in [1.165, 1.54) is 4.90 Å². The summed E-state index contributed by atoms with van der Waals surface area (Å²) in [5.41, 5.74) is 0. The number of cyclic esters (lactones) is 1. The fourth-order valence-electron chi connectivity index (χ4n) is 2.60. The van der Waals surface area contributed by atoms with Gasteiger partial charge in [0.1, 0.15) is 19.3 Å². The molecule has 3 heterocycles. The zero-order valence-corrected chi connectivity index (χ0v) is 12.5. The number of halogens is 1. The highest BCUT2D eigenvalue weighted by Gasteiger charge is 2.30. The predicted octanol–water partition coefficient (Wildman–Crippen LogP) is 0.438. The van der Waals surface area contributed by atoms with Crippen LogP contribution in [0.25, 0.3) is 0 Å². The molecular weight excluding hydrogens is 307 g/mol. The van der Waals surface area contributed by atoms with Crippen LogP contribution in [0.1, 0.15) is 12.8 Å². The quantitative estimate of drug-likeness (QED) is 0.799. The standard InChI is InChI=1S/C14H17FN4O4/c15-10-6-16-13(17-7-10)23-11-2-1-3-18(8-11)12(20)9-19-4-5-22-14(19)21/h6-7,11H,1-5,8-9H2. The number of aromatic nitrogens is 2. The Morgan fingerprint density at radius 3 is 2.87 bits per heavy atom. The van der Waals surface area contributed by atoms with Crippen LogP contribution in [0.4, 0.5) is 9.18 Å². The summed E-state index contributed by atoms with van der Waals surface area (Å²) in [6, 6.07) is 0.0915. The number of hydrogen-bond donors (Lipinski definition) is 0. The van der Waals surface area contributed by atoms with Crippen molar-refractivity contribution in [2.24, 2.45) is 0 Å². The summed E-state index contributed by atoms with van der Waals surface area (Å²) in [5, 5.41) is 0. The zero-order chi connectivity index (χ0) is 16.2. The van der Waals surface area contributed by atoms with Crippen LogP contribution in [0.5, 0.6) is 6.01 Å². The highest BCUT2D eigenvalue weighted by atomic mass is 19.1. The molecule has 2 aliphatic heterocycles. The molecule has 2 aliphatic rings. The smallest absolute Gasteiger partial charge is 0.410 e. The highest BCUT2D eigenvalue weighted by molar-refractivity contribution is 5.83. The van der Waals surface area contributed by atoms with Crippen molar-refractivity contribution in [3.8, 4) is 6.01 Å². The molecule has 3 rings (SSSR count). The van der Waals surface area contributed by atoms with Crippen molar-refractivity contribution in [3.63, 3.8) is 0 Å². The molecule has 0 spiro atoms. The summed E-state index contributed by atoms with van der Waals surface area (Å²) in [7, 11) is 0. The van der Waals surface area contributed by atoms with E-state index in [2.05, 4.69) is 9.97 Å². The number of piperidine rings is 1. The molecule has 0 saturated carbocycles. The average molecular weight is 324 g/mol. The second-order valence-electron chi connectivity index (χ2n) is 5.44. The molecule has 2 amide bonds. The molecule has 1 atom stereocenters. The van der Waals surface area contributed by atoms with E-state index in [0.29, 0.717) is 26.2 Å². The lowest BCUT2D eigenvalue weighted by Gasteiger charge is -2.33. The fourth-order valence-corrected chi connectivity index (χ4v) is 2.60. The van der Waals surface area contributed by atoms with E-state index in [0.717, 1.165) is 25.2 Å². The van der Waals surface area contributed by atoms with Gasteiger partial charge in [-0.05, 0) is 12.8 Å². The van der Waals surface area contributed by atoms with Crippen molar-refractivity contribution in [1.82, 2.24) is 19.8 Å². The third-order valence-corrected chi connectivity index (χ3v) is 3.77. The lowest BCUT2D eigenvalue weighted by molar-refractivity contribution is -0.134. The minimum Gasteiger partial charge on any atom is -0.458 e. The van der Waals surface area contributed by atoms with E-state index in [4.69, 9.17) is 9.47 Å². The van der Waals surface area contributed by atoms with Crippen LogP contribution in [0.15, 0.2) is 12.4 Å². The van der Waals surface area contributed by atoms with Gasteiger partial charge in [0.2, 0.25) is 5.91 Å². The minimum atomic E-state index is -0.532. The van der Waals surface area contributed by atoms with E-state index in [-0.39, 0.29) is 24.6 Å². The Hall–Kier alpha value is -2.45. The molecule has 8 nitrogen and oxygen atoms in total. The zero-order valence-electron chi connectivity index (χ0n) is 12.5. The maximum absolute atomic E-state index is 12.8. The third kappa shape index (κ3) is 3.85. The van der Waals surface area contributed by atoms with Crippen LogP contribution in [0, 0.1) is 5.82 Å². The van der Waals surface area contributed by atoms with Crippen LogP contribution < -0.4 is 4.74 Å². The number of nitrogens with zero attached hydrogens (tertiary/aromatic N) is 4. The first-order valence-electron chi connectivity index (χ1n) is 7.45. The Labute approximate surface area is 132 Å². The van der Waals surface area contributed by atoms with Gasteiger partial charge in [-0.2, -0.15) is 0 Å². The first-order valence-corrected chi connectivity index (χ1v) is 7.45. The van der Waals surface area contributed by atoms with Gasteiger partial charge < -0.3 is 14.4 Å². The summed E-state index contributed by atoms with van der Waals surface area (Å²) in [6.07, 6.45) is 2.91. The number of carbonyl (C=O) groups is 2. The molecule has 0 aromatic carbocycles. The molecule has 2 saturated heterocycles. The Bertz CT molecular complexity index is 583. The molecule has 0 bridgehead atoms. The molecule has 0 aliphatic carbocycles. The van der Waals surface area contributed by atoms with E-state index >= 15 is 0 Å². The Morgan fingerprint density at radius 2 is 2.17 bits per heavy atom. The van der Waals surface area contributed by atoms with E-state index in [9.17, 15) is 14.0 Å². The van der Waals surface area contributed by atoms with Crippen molar-refractivity contribution in [3.05, 3.63) is 18.2 Å². The molecule has 1 aromatic heterocycles. The van der Waals surface area contributed by atoms with Gasteiger partial charge in [-0.3, -0.25) is 9.69 Å². The number of amides is 2. The molecule has 9 heteroatoms. The Kier molecular flexibility index (Phi) is 4.54. The highest BCUT2D eigenvalue weighted by Crippen LogP contribution is 2.16. The first-order chi connectivity index (χ1) is 11.1. The van der Waals surface area contributed by atoms with Gasteiger partial charge in [-0.15, -0.1) is 0 Å². The van der Waals surface area contributed by atoms with Gasteiger partial charge in [0.15, 0.2) is 5.82 Å². The van der Waals surface area contributed by atoms with Crippen molar-refractivity contribution < 1.29 is 23.5 Å².